The summed E-state index contributed by atoms with van der Waals surface area (Å²) in [5.41, 5.74) is 2.62. The van der Waals surface area contributed by atoms with Crippen LogP contribution in [0.2, 0.25) is 0 Å². The van der Waals surface area contributed by atoms with Crippen molar-refractivity contribution in [2.75, 3.05) is 52.6 Å². The number of hydrogen-bond donors (Lipinski definition) is 2. The molecule has 0 radical (unpaired) electrons. The molecule has 3 aliphatic heterocycles. The number of halogens is 1. The van der Waals surface area contributed by atoms with Crippen molar-refractivity contribution >= 4 is 74.8 Å². The monoisotopic (exact) mass is 992 g/mol. The van der Waals surface area contributed by atoms with Gasteiger partial charge in [0.2, 0.25) is 0 Å². The minimum Gasteiger partial charge on any atom is -0.507 e. The van der Waals surface area contributed by atoms with Crippen molar-refractivity contribution in [1.29, 1.82) is 0 Å². The number of phenolic OH excluding ortho intramolecular Hbond substituents is 2. The highest BCUT2D eigenvalue weighted by atomic mass is 79.9. The minimum atomic E-state index is -0.615. The van der Waals surface area contributed by atoms with Crippen LogP contribution in [0.1, 0.15) is 80.3 Å². The van der Waals surface area contributed by atoms with Crippen molar-refractivity contribution in [3.05, 3.63) is 131 Å². The third-order valence-corrected chi connectivity index (χ3v) is 13.5. The van der Waals surface area contributed by atoms with Crippen LogP contribution in [-0.4, -0.2) is 115 Å². The van der Waals surface area contributed by atoms with Crippen molar-refractivity contribution < 1.29 is 57.0 Å². The number of nitrogens with zero attached hydrogens (tertiary/aromatic N) is 2. The van der Waals surface area contributed by atoms with Crippen molar-refractivity contribution in [2.45, 2.75) is 52.7 Å². The van der Waals surface area contributed by atoms with E-state index < -0.39 is 18.4 Å². The van der Waals surface area contributed by atoms with Gasteiger partial charge in [-0.25, -0.2) is 9.59 Å². The van der Waals surface area contributed by atoms with Gasteiger partial charge in [-0.15, -0.1) is 0 Å². The number of aromatic hydroxyl groups is 2. The molecule has 3 fully saturated rings. The number of hydrogen-bond acceptors (Lipinski definition) is 14. The van der Waals surface area contributed by atoms with Crippen LogP contribution in [0, 0.1) is 13.8 Å². The number of phenols is 2. The lowest BCUT2D eigenvalue weighted by atomic mass is 9.79. The zero-order valence-corrected chi connectivity index (χ0v) is 40.0. The zero-order chi connectivity index (χ0) is 49.1. The maximum Gasteiger partial charge on any atom is 0.494 e. The lowest BCUT2D eigenvalue weighted by molar-refractivity contribution is 0.00578. The first-order chi connectivity index (χ1) is 32.4. The molecule has 4 aromatic carbocycles. The van der Waals surface area contributed by atoms with Crippen molar-refractivity contribution in [3.63, 3.8) is 0 Å². The number of morpholine rings is 2. The number of ether oxygens (including phenoxy) is 2. The molecule has 0 unspecified atom stereocenters. The number of benzene rings is 4. The molecular formula is C50H50BBrN2O14. The molecule has 6 aromatic rings. The molecule has 9 rings (SSSR count). The summed E-state index contributed by atoms with van der Waals surface area (Å²) in [6.07, 6.45) is 0.930. The SMILES string of the molecule is CC1(C)OB(c2ccc(C(=O)N3CCOCC3)cc2)OC1(C)C.Cc1c(-c2ccc(C(=O)N3CCOCC3)cc2)c(=O)oc2c(C=O)c(O)ccc12.Cc1c(Br)c(=O)oc2c(C=O)c(O)ccc12. The highest BCUT2D eigenvalue weighted by Crippen LogP contribution is 2.37. The highest BCUT2D eigenvalue weighted by molar-refractivity contribution is 9.10. The molecule has 0 aliphatic carbocycles. The van der Waals surface area contributed by atoms with Gasteiger partial charge in [0.05, 0.1) is 54.3 Å². The van der Waals surface area contributed by atoms with Gasteiger partial charge in [-0.1, -0.05) is 24.3 Å². The highest BCUT2D eigenvalue weighted by Gasteiger charge is 2.51. The van der Waals surface area contributed by atoms with E-state index in [0.717, 1.165) is 5.46 Å². The Bertz CT molecular complexity index is 2990. The van der Waals surface area contributed by atoms with Gasteiger partial charge in [0.15, 0.2) is 23.7 Å². The lowest BCUT2D eigenvalue weighted by Crippen LogP contribution is -2.41. The summed E-state index contributed by atoms with van der Waals surface area (Å²) < 4.78 is 33.3. The van der Waals surface area contributed by atoms with Gasteiger partial charge in [-0.05, 0) is 128 Å². The number of carbonyl (C=O) groups excluding carboxylic acids is 4. The second-order valence-electron chi connectivity index (χ2n) is 17.3. The average molecular weight is 994 g/mol. The van der Waals surface area contributed by atoms with Crippen LogP contribution in [0.3, 0.4) is 0 Å². The molecule has 5 heterocycles. The largest absolute Gasteiger partial charge is 0.507 e. The molecule has 0 spiro atoms. The molecule has 3 saturated heterocycles. The Morgan fingerprint density at radius 2 is 1.03 bits per heavy atom. The fourth-order valence-electron chi connectivity index (χ4n) is 7.83. The first-order valence-electron chi connectivity index (χ1n) is 21.8. The van der Waals surface area contributed by atoms with Crippen molar-refractivity contribution in [1.82, 2.24) is 9.80 Å². The maximum atomic E-state index is 12.6. The maximum absolute atomic E-state index is 12.6. The summed E-state index contributed by atoms with van der Waals surface area (Å²) in [6.45, 7) is 16.3. The quantitative estimate of drug-likeness (QED) is 0.102. The Kier molecular flexibility index (Phi) is 14.9. The zero-order valence-electron chi connectivity index (χ0n) is 38.4. The second-order valence-corrected chi connectivity index (χ2v) is 18.1. The number of aldehydes is 2. The van der Waals surface area contributed by atoms with E-state index in [9.17, 15) is 39.0 Å². The number of fused-ring (bicyclic) bond motifs is 2. The first kappa shape index (κ1) is 49.5. The number of rotatable bonds is 6. The summed E-state index contributed by atoms with van der Waals surface area (Å²) >= 11 is 3.11. The van der Waals surface area contributed by atoms with Crippen LogP contribution in [-0.2, 0) is 18.8 Å². The molecular weight excluding hydrogens is 943 g/mol. The van der Waals surface area contributed by atoms with Gasteiger partial charge in [-0.2, -0.15) is 0 Å². The van der Waals surface area contributed by atoms with E-state index in [0.29, 0.717) is 114 Å². The summed E-state index contributed by atoms with van der Waals surface area (Å²) in [4.78, 5) is 74.8. The first-order valence-corrected chi connectivity index (χ1v) is 22.6. The predicted molar refractivity (Wildman–Crippen MR) is 257 cm³/mol. The van der Waals surface area contributed by atoms with Crippen LogP contribution in [0.25, 0.3) is 33.1 Å². The van der Waals surface area contributed by atoms with E-state index in [1.165, 1.54) is 12.1 Å². The Morgan fingerprint density at radius 3 is 1.47 bits per heavy atom. The van der Waals surface area contributed by atoms with Gasteiger partial charge >= 0.3 is 18.4 Å². The van der Waals surface area contributed by atoms with Crippen LogP contribution in [0.5, 0.6) is 11.5 Å². The summed E-state index contributed by atoms with van der Waals surface area (Å²) in [6, 6.07) is 20.3. The predicted octanol–water partition coefficient (Wildman–Crippen LogP) is 6.60. The van der Waals surface area contributed by atoms with Gasteiger partial charge in [-0.3, -0.25) is 19.2 Å². The van der Waals surface area contributed by atoms with E-state index in [1.807, 2.05) is 56.9 Å². The van der Waals surface area contributed by atoms with Crippen molar-refractivity contribution in [3.8, 4) is 22.6 Å². The molecule has 2 N–H and O–H groups in total. The molecule has 2 aromatic heterocycles. The van der Waals surface area contributed by atoms with Gasteiger partial charge in [0.1, 0.15) is 16.0 Å². The Labute approximate surface area is 399 Å². The smallest absolute Gasteiger partial charge is 0.494 e. The second kappa shape index (κ2) is 20.4. The molecule has 354 valence electrons. The summed E-state index contributed by atoms with van der Waals surface area (Å²) in [7, 11) is -0.396. The number of amides is 2. The van der Waals surface area contributed by atoms with Gasteiger partial charge in [0, 0.05) is 48.1 Å². The van der Waals surface area contributed by atoms with E-state index in [1.54, 1.807) is 55.1 Å². The Balaban J connectivity index is 0.000000158. The number of carbonyl (C=O) groups is 4. The lowest BCUT2D eigenvalue weighted by Gasteiger charge is -2.32. The fraction of sp³-hybridized carbons (Fsp3) is 0.320. The molecule has 2 amide bonds. The molecule has 16 nitrogen and oxygen atoms in total. The minimum absolute atomic E-state index is 0.00907. The van der Waals surface area contributed by atoms with Gasteiger partial charge < -0.3 is 47.6 Å². The van der Waals surface area contributed by atoms with Crippen LogP contribution < -0.4 is 16.7 Å². The molecule has 3 aliphatic rings. The molecule has 0 atom stereocenters. The molecule has 68 heavy (non-hydrogen) atoms. The molecule has 18 heteroatoms. The summed E-state index contributed by atoms with van der Waals surface area (Å²) in [5, 5.41) is 20.5. The van der Waals surface area contributed by atoms with Crippen molar-refractivity contribution in [2.24, 2.45) is 0 Å². The van der Waals surface area contributed by atoms with E-state index in [2.05, 4.69) is 15.9 Å². The topological polar surface area (TPSA) is 213 Å². The molecule has 0 saturated carbocycles. The molecule has 0 bridgehead atoms. The summed E-state index contributed by atoms with van der Waals surface area (Å²) in [5.74, 6) is -0.469. The van der Waals surface area contributed by atoms with Gasteiger partial charge in [0.25, 0.3) is 11.8 Å². The normalized spacial score (nSPS) is 16.4. The Morgan fingerprint density at radius 1 is 0.618 bits per heavy atom. The third-order valence-electron chi connectivity index (χ3n) is 12.6. The third kappa shape index (κ3) is 10.1. The van der Waals surface area contributed by atoms with Crippen LogP contribution in [0.4, 0.5) is 0 Å². The van der Waals surface area contributed by atoms with Crippen LogP contribution >= 0.6 is 15.9 Å². The van der Waals surface area contributed by atoms with E-state index in [-0.39, 0.29) is 56.8 Å². The van der Waals surface area contributed by atoms with E-state index >= 15 is 0 Å². The Hall–Kier alpha value is -6.44. The standard InChI is InChI=1S/C22H19NO6.C17H24BNO4.C11H7BrO4/c1-13-16-6-7-18(25)17(12-24)20(16)29-22(27)19(13)14-2-4-15(5-3-14)21(26)23-8-10-28-11-9-23;1-16(2)17(3,4)23-18(22-16)14-7-5-13(6-8-14)15(20)19-9-11-21-12-10-19;1-5-6-2-3-8(14)7(4-13)10(6)16-11(15)9(5)12/h2-7,12,25H,8-11H2,1H3;5-8H,9-12H2,1-4H3;2-4,14H,1H3. The fourth-order valence-corrected chi connectivity index (χ4v) is 8.13. The van der Waals surface area contributed by atoms with E-state index in [4.69, 9.17) is 27.6 Å². The van der Waals surface area contributed by atoms with Crippen LogP contribution in [0.15, 0.2) is 95.7 Å². The average Bonchev–Trinajstić information content (AvgIpc) is 3.56. The number of aryl methyl sites for hydroxylation is 2.